The summed E-state index contributed by atoms with van der Waals surface area (Å²) in [5, 5.41) is 11.2. The average Bonchev–Trinajstić information content (AvgIpc) is 2.89. The van der Waals surface area contributed by atoms with Crippen molar-refractivity contribution in [2.24, 2.45) is 0 Å². The molecule has 180 valence electrons. The summed E-state index contributed by atoms with van der Waals surface area (Å²) in [6, 6.07) is 29.6. The molecule has 5 atom stereocenters. The summed E-state index contributed by atoms with van der Waals surface area (Å²) in [7, 11) is 1.57. The maximum absolute atomic E-state index is 11.2. The molecule has 0 unspecified atom stereocenters. The van der Waals surface area contributed by atoms with Gasteiger partial charge in [-0.25, -0.2) is 0 Å². The lowest BCUT2D eigenvalue weighted by Gasteiger charge is -2.43. The monoisotopic (exact) mass is 464 g/mol. The first-order valence-electron chi connectivity index (χ1n) is 11.5. The molecular weight excluding hydrogens is 432 g/mol. The predicted molar refractivity (Wildman–Crippen MR) is 128 cm³/mol. The third-order valence-corrected chi connectivity index (χ3v) is 5.82. The summed E-state index contributed by atoms with van der Waals surface area (Å²) in [4.78, 5) is 0. The van der Waals surface area contributed by atoms with Gasteiger partial charge in [-0.3, -0.25) is 0 Å². The first kappa shape index (κ1) is 24.5. The number of aliphatic hydroxyl groups excluding tert-OH is 1. The Morgan fingerprint density at radius 2 is 1.15 bits per heavy atom. The van der Waals surface area contributed by atoms with E-state index in [-0.39, 0.29) is 6.61 Å². The van der Waals surface area contributed by atoms with Crippen molar-refractivity contribution in [2.45, 2.75) is 50.5 Å². The standard InChI is InChI=1S/C28H32O6/c1-30-28-27(33-19-23-15-9-4-10-16-23)26(32-18-22-13-7-3-8-14-22)25(29)24(34-28)20-31-17-21-11-5-2-6-12-21/h2-16,24-29H,17-20H2,1H3/t24-,25+,26+,27+,28-/m1/s1. The quantitative estimate of drug-likeness (QED) is 0.461. The number of methoxy groups -OCH3 is 1. The highest BCUT2D eigenvalue weighted by Gasteiger charge is 2.47. The van der Waals surface area contributed by atoms with Gasteiger partial charge in [-0.1, -0.05) is 91.0 Å². The minimum Gasteiger partial charge on any atom is -0.387 e. The summed E-state index contributed by atoms with van der Waals surface area (Å²) in [6.45, 7) is 1.31. The largest absolute Gasteiger partial charge is 0.387 e. The molecule has 1 N–H and O–H groups in total. The van der Waals surface area contributed by atoms with Crippen molar-refractivity contribution in [3.8, 4) is 0 Å². The number of aliphatic hydroxyl groups is 1. The first-order chi connectivity index (χ1) is 16.7. The van der Waals surface area contributed by atoms with Crippen LogP contribution in [0.3, 0.4) is 0 Å². The van der Waals surface area contributed by atoms with Crippen molar-refractivity contribution in [1.82, 2.24) is 0 Å². The summed E-state index contributed by atoms with van der Waals surface area (Å²) >= 11 is 0. The minimum atomic E-state index is -0.952. The van der Waals surface area contributed by atoms with Gasteiger partial charge >= 0.3 is 0 Å². The van der Waals surface area contributed by atoms with Crippen LogP contribution in [0, 0.1) is 0 Å². The molecule has 1 heterocycles. The second-order valence-electron chi connectivity index (χ2n) is 8.29. The van der Waals surface area contributed by atoms with E-state index in [1.807, 2.05) is 91.0 Å². The third-order valence-electron chi connectivity index (χ3n) is 5.82. The van der Waals surface area contributed by atoms with Crippen LogP contribution in [0.1, 0.15) is 16.7 Å². The van der Waals surface area contributed by atoms with Gasteiger partial charge in [-0.2, -0.15) is 0 Å². The second-order valence-corrected chi connectivity index (χ2v) is 8.29. The van der Waals surface area contributed by atoms with E-state index in [0.29, 0.717) is 19.8 Å². The molecule has 0 bridgehead atoms. The molecular formula is C28H32O6. The zero-order valence-electron chi connectivity index (χ0n) is 19.4. The lowest BCUT2D eigenvalue weighted by Crippen LogP contribution is -2.60. The van der Waals surface area contributed by atoms with Gasteiger partial charge in [0, 0.05) is 7.11 Å². The highest BCUT2D eigenvalue weighted by atomic mass is 16.7. The van der Waals surface area contributed by atoms with Crippen LogP contribution in [-0.4, -0.2) is 49.5 Å². The van der Waals surface area contributed by atoms with E-state index in [1.165, 1.54) is 0 Å². The first-order valence-corrected chi connectivity index (χ1v) is 11.5. The number of hydrogen-bond donors (Lipinski definition) is 1. The van der Waals surface area contributed by atoms with Gasteiger partial charge in [-0.05, 0) is 16.7 Å². The highest BCUT2D eigenvalue weighted by Crippen LogP contribution is 2.28. The normalized spacial score (nSPS) is 24.7. The highest BCUT2D eigenvalue weighted by molar-refractivity contribution is 5.15. The van der Waals surface area contributed by atoms with Crippen LogP contribution in [-0.2, 0) is 43.5 Å². The van der Waals surface area contributed by atoms with Crippen LogP contribution in [0.25, 0.3) is 0 Å². The molecule has 3 aromatic rings. The summed E-state index contributed by atoms with van der Waals surface area (Å²) in [5.41, 5.74) is 3.08. The van der Waals surface area contributed by atoms with E-state index >= 15 is 0 Å². The summed E-state index contributed by atoms with van der Waals surface area (Å²) in [6.07, 6.45) is -3.56. The third kappa shape index (κ3) is 6.73. The molecule has 1 saturated heterocycles. The van der Waals surface area contributed by atoms with Crippen LogP contribution in [0.2, 0.25) is 0 Å². The Morgan fingerprint density at radius 1 is 0.676 bits per heavy atom. The topological polar surface area (TPSA) is 66.4 Å². The van der Waals surface area contributed by atoms with Crippen molar-refractivity contribution in [1.29, 1.82) is 0 Å². The van der Waals surface area contributed by atoms with Gasteiger partial charge in [0.15, 0.2) is 6.29 Å². The molecule has 0 aliphatic carbocycles. The van der Waals surface area contributed by atoms with Crippen LogP contribution < -0.4 is 0 Å². The Morgan fingerprint density at radius 3 is 1.65 bits per heavy atom. The van der Waals surface area contributed by atoms with E-state index in [4.69, 9.17) is 23.7 Å². The Kier molecular flexibility index (Phi) is 9.21. The molecule has 3 aromatic carbocycles. The second kappa shape index (κ2) is 12.8. The SMILES string of the molecule is CO[C@@H]1O[C@H](COCc2ccccc2)[C@H](O)[C@H](OCc2ccccc2)[C@@H]1OCc1ccccc1. The molecule has 0 saturated carbocycles. The van der Waals surface area contributed by atoms with Gasteiger partial charge in [-0.15, -0.1) is 0 Å². The molecule has 0 aromatic heterocycles. The number of ether oxygens (including phenoxy) is 5. The Hall–Kier alpha value is -2.58. The molecule has 6 nitrogen and oxygen atoms in total. The zero-order chi connectivity index (χ0) is 23.6. The fourth-order valence-corrected chi connectivity index (χ4v) is 3.99. The number of rotatable bonds is 11. The van der Waals surface area contributed by atoms with E-state index in [2.05, 4.69) is 0 Å². The Balaban J connectivity index is 1.44. The molecule has 4 rings (SSSR count). The van der Waals surface area contributed by atoms with E-state index in [0.717, 1.165) is 16.7 Å². The van der Waals surface area contributed by atoms with Gasteiger partial charge in [0.25, 0.3) is 0 Å². The van der Waals surface area contributed by atoms with E-state index in [1.54, 1.807) is 7.11 Å². The fourth-order valence-electron chi connectivity index (χ4n) is 3.99. The maximum atomic E-state index is 11.2. The van der Waals surface area contributed by atoms with E-state index in [9.17, 15) is 5.11 Å². The van der Waals surface area contributed by atoms with Crippen molar-refractivity contribution >= 4 is 0 Å². The summed E-state index contributed by atoms with van der Waals surface area (Å²) in [5.74, 6) is 0. The lowest BCUT2D eigenvalue weighted by atomic mass is 9.98. The predicted octanol–water partition coefficient (Wildman–Crippen LogP) is 4.11. The van der Waals surface area contributed by atoms with Crippen LogP contribution in [0.4, 0.5) is 0 Å². The molecule has 1 aliphatic rings. The van der Waals surface area contributed by atoms with Crippen LogP contribution in [0.5, 0.6) is 0 Å². The van der Waals surface area contributed by atoms with Crippen molar-refractivity contribution in [3.63, 3.8) is 0 Å². The van der Waals surface area contributed by atoms with Crippen molar-refractivity contribution in [3.05, 3.63) is 108 Å². The smallest absolute Gasteiger partial charge is 0.186 e. The van der Waals surface area contributed by atoms with Crippen molar-refractivity contribution in [2.75, 3.05) is 13.7 Å². The molecule has 0 amide bonds. The minimum absolute atomic E-state index is 0.201. The van der Waals surface area contributed by atoms with Crippen LogP contribution in [0.15, 0.2) is 91.0 Å². The van der Waals surface area contributed by atoms with E-state index < -0.39 is 30.7 Å². The number of benzene rings is 3. The number of hydrogen-bond acceptors (Lipinski definition) is 6. The molecule has 34 heavy (non-hydrogen) atoms. The molecule has 6 heteroatoms. The van der Waals surface area contributed by atoms with Gasteiger partial charge in [0.05, 0.1) is 26.4 Å². The summed E-state index contributed by atoms with van der Waals surface area (Å²) < 4.78 is 30.0. The molecule has 1 fully saturated rings. The van der Waals surface area contributed by atoms with Crippen LogP contribution >= 0.6 is 0 Å². The van der Waals surface area contributed by atoms with Gasteiger partial charge < -0.3 is 28.8 Å². The molecule has 1 aliphatic heterocycles. The maximum Gasteiger partial charge on any atom is 0.186 e. The lowest BCUT2D eigenvalue weighted by molar-refractivity contribution is -0.315. The fraction of sp³-hybridized carbons (Fsp3) is 0.357. The van der Waals surface area contributed by atoms with Gasteiger partial charge in [0.1, 0.15) is 24.4 Å². The zero-order valence-corrected chi connectivity index (χ0v) is 19.4. The van der Waals surface area contributed by atoms with Gasteiger partial charge in [0.2, 0.25) is 0 Å². The Labute approximate surface area is 201 Å². The van der Waals surface area contributed by atoms with Crippen molar-refractivity contribution < 1.29 is 28.8 Å². The molecule has 0 spiro atoms. The Bertz CT molecular complexity index is 952. The molecule has 0 radical (unpaired) electrons. The average molecular weight is 465 g/mol.